The summed E-state index contributed by atoms with van der Waals surface area (Å²) in [4.78, 5) is 21.3. The molecule has 0 N–H and O–H groups in total. The Hall–Kier alpha value is -2.28. The third-order valence-electron chi connectivity index (χ3n) is 5.82. The Kier molecular flexibility index (Phi) is 6.87. The van der Waals surface area contributed by atoms with Crippen LogP contribution in [0.1, 0.15) is 17.5 Å². The number of carbonyl (C=O) groups is 1. The van der Waals surface area contributed by atoms with E-state index in [4.69, 9.17) is 9.47 Å². The van der Waals surface area contributed by atoms with Crippen molar-refractivity contribution in [2.45, 2.75) is 25.6 Å². The highest BCUT2D eigenvalue weighted by Gasteiger charge is 2.36. The van der Waals surface area contributed by atoms with Crippen LogP contribution in [0.2, 0.25) is 0 Å². The van der Waals surface area contributed by atoms with E-state index in [1.165, 1.54) is 5.56 Å². The molecule has 1 aromatic carbocycles. The Balaban J connectivity index is 1.30. The average molecular weight is 396 g/mol. The average Bonchev–Trinajstić information content (AvgIpc) is 2.97. The summed E-state index contributed by atoms with van der Waals surface area (Å²) in [5.41, 5.74) is 2.31. The number of hydrogen-bond acceptors (Lipinski definition) is 5. The van der Waals surface area contributed by atoms with E-state index in [1.807, 2.05) is 53.7 Å². The maximum absolute atomic E-state index is 12.7. The SMILES string of the molecule is O=C(COCc1ccccc1)N1CC[C@@H]2[C@@H](COCCN2Cc2cccnc2)C1. The van der Waals surface area contributed by atoms with Crippen LogP contribution in [0.5, 0.6) is 0 Å². The van der Waals surface area contributed by atoms with E-state index >= 15 is 0 Å². The predicted molar refractivity (Wildman–Crippen MR) is 110 cm³/mol. The molecule has 0 bridgehead atoms. The summed E-state index contributed by atoms with van der Waals surface area (Å²) in [6.07, 6.45) is 4.71. The van der Waals surface area contributed by atoms with Crippen LogP contribution in [0.25, 0.3) is 0 Å². The van der Waals surface area contributed by atoms with Crippen molar-refractivity contribution < 1.29 is 14.3 Å². The molecule has 0 saturated carbocycles. The minimum atomic E-state index is 0.0717. The fourth-order valence-electron chi connectivity index (χ4n) is 4.32. The molecule has 4 rings (SSSR count). The highest BCUT2D eigenvalue weighted by molar-refractivity contribution is 5.77. The lowest BCUT2D eigenvalue weighted by atomic mass is 9.91. The van der Waals surface area contributed by atoms with Gasteiger partial charge in [-0.2, -0.15) is 0 Å². The van der Waals surface area contributed by atoms with Gasteiger partial charge in [0.1, 0.15) is 6.61 Å². The van der Waals surface area contributed by atoms with Crippen LogP contribution in [0.4, 0.5) is 0 Å². The summed E-state index contributed by atoms with van der Waals surface area (Å²) in [7, 11) is 0. The molecule has 0 spiro atoms. The Bertz CT molecular complexity index is 771. The maximum atomic E-state index is 12.7. The van der Waals surface area contributed by atoms with Crippen LogP contribution in [0, 0.1) is 5.92 Å². The zero-order valence-corrected chi connectivity index (χ0v) is 16.8. The third-order valence-corrected chi connectivity index (χ3v) is 5.82. The van der Waals surface area contributed by atoms with E-state index in [9.17, 15) is 4.79 Å². The molecule has 2 atom stereocenters. The molecule has 29 heavy (non-hydrogen) atoms. The van der Waals surface area contributed by atoms with Gasteiger partial charge in [0, 0.05) is 50.5 Å². The van der Waals surface area contributed by atoms with Gasteiger partial charge in [0.2, 0.25) is 5.91 Å². The molecule has 2 fully saturated rings. The predicted octanol–water partition coefficient (Wildman–Crippen LogP) is 2.35. The van der Waals surface area contributed by atoms with Gasteiger partial charge in [0.15, 0.2) is 0 Å². The van der Waals surface area contributed by atoms with Gasteiger partial charge in [-0.15, -0.1) is 0 Å². The maximum Gasteiger partial charge on any atom is 0.248 e. The highest BCUT2D eigenvalue weighted by Crippen LogP contribution is 2.26. The molecular weight excluding hydrogens is 366 g/mol. The lowest BCUT2D eigenvalue weighted by Gasteiger charge is -2.42. The second kappa shape index (κ2) is 9.96. The molecule has 6 nitrogen and oxygen atoms in total. The van der Waals surface area contributed by atoms with E-state index in [2.05, 4.69) is 16.0 Å². The van der Waals surface area contributed by atoms with Crippen LogP contribution in [-0.4, -0.2) is 66.2 Å². The molecule has 1 amide bonds. The third kappa shape index (κ3) is 5.41. The van der Waals surface area contributed by atoms with Gasteiger partial charge in [-0.25, -0.2) is 0 Å². The van der Waals surface area contributed by atoms with Gasteiger partial charge < -0.3 is 14.4 Å². The number of fused-ring (bicyclic) bond motifs is 1. The normalized spacial score (nSPS) is 22.7. The van der Waals surface area contributed by atoms with Crippen molar-refractivity contribution in [3.05, 3.63) is 66.0 Å². The summed E-state index contributed by atoms with van der Waals surface area (Å²) < 4.78 is 11.5. The number of nitrogens with zero attached hydrogens (tertiary/aromatic N) is 3. The first-order chi connectivity index (χ1) is 14.3. The van der Waals surface area contributed by atoms with E-state index in [-0.39, 0.29) is 12.5 Å². The highest BCUT2D eigenvalue weighted by atomic mass is 16.5. The summed E-state index contributed by atoms with van der Waals surface area (Å²) in [6.45, 7) is 5.36. The summed E-state index contributed by atoms with van der Waals surface area (Å²) in [6, 6.07) is 14.5. The molecule has 6 heteroatoms. The number of likely N-dealkylation sites (tertiary alicyclic amines) is 1. The molecule has 154 valence electrons. The first-order valence-electron chi connectivity index (χ1n) is 10.4. The van der Waals surface area contributed by atoms with Crippen molar-refractivity contribution in [1.29, 1.82) is 0 Å². The van der Waals surface area contributed by atoms with Crippen LogP contribution in [-0.2, 0) is 27.4 Å². The van der Waals surface area contributed by atoms with E-state index in [1.54, 1.807) is 0 Å². The van der Waals surface area contributed by atoms with Crippen LogP contribution in [0.3, 0.4) is 0 Å². The van der Waals surface area contributed by atoms with Crippen molar-refractivity contribution in [3.8, 4) is 0 Å². The van der Waals surface area contributed by atoms with Gasteiger partial charge >= 0.3 is 0 Å². The fourth-order valence-corrected chi connectivity index (χ4v) is 4.32. The van der Waals surface area contributed by atoms with Crippen LogP contribution >= 0.6 is 0 Å². The number of amides is 1. The van der Waals surface area contributed by atoms with E-state index in [0.29, 0.717) is 25.2 Å². The Labute approximate surface area is 172 Å². The molecule has 2 aromatic rings. The van der Waals surface area contributed by atoms with Gasteiger partial charge in [-0.1, -0.05) is 36.4 Å². The number of hydrogen-bond donors (Lipinski definition) is 0. The molecule has 0 unspecified atom stereocenters. The number of aromatic nitrogens is 1. The van der Waals surface area contributed by atoms with Gasteiger partial charge in [0.25, 0.3) is 0 Å². The smallest absolute Gasteiger partial charge is 0.248 e. The molecule has 2 saturated heterocycles. The first-order valence-corrected chi connectivity index (χ1v) is 10.4. The molecular formula is C23H29N3O3. The van der Waals surface area contributed by atoms with Crippen molar-refractivity contribution in [2.24, 2.45) is 5.92 Å². The summed E-state index contributed by atoms with van der Waals surface area (Å²) in [5.74, 6) is 0.406. The number of carbonyl (C=O) groups excluding carboxylic acids is 1. The van der Waals surface area contributed by atoms with E-state index in [0.717, 1.165) is 44.8 Å². The van der Waals surface area contributed by atoms with Crippen molar-refractivity contribution >= 4 is 5.91 Å². The number of rotatable bonds is 6. The van der Waals surface area contributed by atoms with Gasteiger partial charge in [-0.3, -0.25) is 14.7 Å². The minimum Gasteiger partial charge on any atom is -0.380 e. The number of piperidine rings is 1. The van der Waals surface area contributed by atoms with Crippen LogP contribution < -0.4 is 0 Å². The van der Waals surface area contributed by atoms with Crippen LogP contribution in [0.15, 0.2) is 54.9 Å². The lowest BCUT2D eigenvalue weighted by molar-refractivity contribution is -0.139. The Morgan fingerprint density at radius 1 is 1.14 bits per heavy atom. The molecule has 2 aliphatic rings. The number of pyridine rings is 1. The quantitative estimate of drug-likeness (QED) is 0.752. The van der Waals surface area contributed by atoms with E-state index < -0.39 is 0 Å². The minimum absolute atomic E-state index is 0.0717. The number of ether oxygens (including phenoxy) is 2. The summed E-state index contributed by atoms with van der Waals surface area (Å²) in [5, 5.41) is 0. The number of benzene rings is 1. The standard InChI is InChI=1S/C23H29N3O3/c27-23(18-29-16-19-5-2-1-3-6-19)26-10-8-22-21(15-26)17-28-12-11-25(22)14-20-7-4-9-24-13-20/h1-7,9,13,21-22H,8,10-12,14-18H2/t21-,22-/m1/s1. The Morgan fingerprint density at radius 2 is 2.00 bits per heavy atom. The Morgan fingerprint density at radius 3 is 2.83 bits per heavy atom. The second-order valence-corrected chi connectivity index (χ2v) is 7.84. The molecule has 0 aliphatic carbocycles. The molecule has 1 aromatic heterocycles. The monoisotopic (exact) mass is 395 g/mol. The zero-order chi connectivity index (χ0) is 19.9. The second-order valence-electron chi connectivity index (χ2n) is 7.84. The molecule has 2 aliphatic heterocycles. The fraction of sp³-hybridized carbons (Fsp3) is 0.478. The summed E-state index contributed by atoms with van der Waals surface area (Å²) >= 11 is 0. The van der Waals surface area contributed by atoms with Gasteiger partial charge in [0.05, 0.1) is 19.8 Å². The molecule has 0 radical (unpaired) electrons. The topological polar surface area (TPSA) is 54.9 Å². The van der Waals surface area contributed by atoms with Crippen molar-refractivity contribution in [1.82, 2.24) is 14.8 Å². The van der Waals surface area contributed by atoms with Crippen molar-refractivity contribution in [3.63, 3.8) is 0 Å². The lowest BCUT2D eigenvalue weighted by Crippen LogP contribution is -2.53. The van der Waals surface area contributed by atoms with Gasteiger partial charge in [-0.05, 0) is 23.6 Å². The molecule has 3 heterocycles. The zero-order valence-electron chi connectivity index (χ0n) is 16.8. The first kappa shape index (κ1) is 20.0. The largest absolute Gasteiger partial charge is 0.380 e. The van der Waals surface area contributed by atoms with Crippen molar-refractivity contribution in [2.75, 3.05) is 39.5 Å².